The van der Waals surface area contributed by atoms with Gasteiger partial charge in [-0.2, -0.15) is 0 Å². The van der Waals surface area contributed by atoms with Crippen LogP contribution in [-0.4, -0.2) is 33.8 Å². The van der Waals surface area contributed by atoms with E-state index in [4.69, 9.17) is 0 Å². The molecule has 1 N–H and O–H groups in total. The fourth-order valence-electron chi connectivity index (χ4n) is 2.76. The van der Waals surface area contributed by atoms with Crippen LogP contribution >= 0.6 is 11.3 Å². The standard InChI is InChI=1S/C20H18F2N4O3S/c1-12(25(2)10-14-5-3-4-6-18(14)26(28)29)19(27)24-20-23-17(11-30-20)13-7-8-15(21)16(22)9-13/h3-9,11-12H,10H2,1-2H3,(H,23,24,27). The van der Waals surface area contributed by atoms with Crippen molar-refractivity contribution in [1.29, 1.82) is 0 Å². The highest BCUT2D eigenvalue weighted by atomic mass is 32.1. The Morgan fingerprint density at radius 2 is 2.00 bits per heavy atom. The van der Waals surface area contributed by atoms with Gasteiger partial charge in [0.25, 0.3) is 5.69 Å². The van der Waals surface area contributed by atoms with Crippen LogP contribution in [0.1, 0.15) is 12.5 Å². The fourth-order valence-corrected chi connectivity index (χ4v) is 3.48. The summed E-state index contributed by atoms with van der Waals surface area (Å²) in [7, 11) is 1.69. The predicted molar refractivity (Wildman–Crippen MR) is 110 cm³/mol. The molecule has 2 aromatic carbocycles. The van der Waals surface area contributed by atoms with Crippen LogP contribution < -0.4 is 5.32 Å². The zero-order valence-electron chi connectivity index (χ0n) is 16.1. The molecule has 0 aliphatic carbocycles. The van der Waals surface area contributed by atoms with Gasteiger partial charge in [-0.15, -0.1) is 11.3 Å². The van der Waals surface area contributed by atoms with Gasteiger partial charge in [-0.1, -0.05) is 18.2 Å². The van der Waals surface area contributed by atoms with Crippen molar-refractivity contribution in [2.45, 2.75) is 19.5 Å². The molecule has 0 bridgehead atoms. The van der Waals surface area contributed by atoms with Gasteiger partial charge in [0.1, 0.15) is 0 Å². The number of benzene rings is 2. The Labute approximate surface area is 175 Å². The fraction of sp³-hybridized carbons (Fsp3) is 0.200. The third-order valence-electron chi connectivity index (χ3n) is 4.60. The van der Waals surface area contributed by atoms with E-state index in [2.05, 4.69) is 10.3 Å². The Morgan fingerprint density at radius 3 is 2.70 bits per heavy atom. The molecule has 156 valence electrons. The Morgan fingerprint density at radius 1 is 1.27 bits per heavy atom. The molecule has 30 heavy (non-hydrogen) atoms. The van der Waals surface area contributed by atoms with Gasteiger partial charge in [0.15, 0.2) is 16.8 Å². The number of aromatic nitrogens is 1. The SMILES string of the molecule is CC(C(=O)Nc1nc(-c2ccc(F)c(F)c2)cs1)N(C)Cc1ccccc1[N+](=O)[O-]. The van der Waals surface area contributed by atoms with Crippen molar-refractivity contribution < 1.29 is 18.5 Å². The first kappa shape index (κ1) is 21.5. The predicted octanol–water partition coefficient (Wildman–Crippen LogP) is 4.46. The molecule has 0 saturated heterocycles. The van der Waals surface area contributed by atoms with Gasteiger partial charge < -0.3 is 5.32 Å². The van der Waals surface area contributed by atoms with Gasteiger partial charge in [0.2, 0.25) is 5.91 Å². The molecular formula is C20H18F2N4O3S. The molecule has 0 radical (unpaired) electrons. The van der Waals surface area contributed by atoms with Crippen LogP contribution in [0.25, 0.3) is 11.3 Å². The van der Waals surface area contributed by atoms with Crippen molar-refractivity contribution in [3.8, 4) is 11.3 Å². The van der Waals surface area contributed by atoms with Gasteiger partial charge in [-0.3, -0.25) is 19.8 Å². The summed E-state index contributed by atoms with van der Waals surface area (Å²) in [6, 6.07) is 9.22. The molecule has 0 saturated carbocycles. The average molecular weight is 432 g/mol. The Kier molecular flexibility index (Phi) is 6.48. The summed E-state index contributed by atoms with van der Waals surface area (Å²) in [5.41, 5.74) is 1.30. The molecule has 0 spiro atoms. The van der Waals surface area contributed by atoms with Crippen molar-refractivity contribution in [2.75, 3.05) is 12.4 Å². The maximum Gasteiger partial charge on any atom is 0.273 e. The zero-order valence-corrected chi connectivity index (χ0v) is 17.0. The average Bonchev–Trinajstić information content (AvgIpc) is 3.18. The number of rotatable bonds is 7. The van der Waals surface area contributed by atoms with Crippen LogP contribution in [0.4, 0.5) is 19.6 Å². The van der Waals surface area contributed by atoms with E-state index in [-0.39, 0.29) is 18.1 Å². The van der Waals surface area contributed by atoms with Crippen LogP contribution in [-0.2, 0) is 11.3 Å². The lowest BCUT2D eigenvalue weighted by Crippen LogP contribution is -2.39. The van der Waals surface area contributed by atoms with E-state index < -0.39 is 22.6 Å². The molecule has 1 unspecified atom stereocenters. The summed E-state index contributed by atoms with van der Waals surface area (Å²) in [6.45, 7) is 1.89. The number of thiazole rings is 1. The minimum Gasteiger partial charge on any atom is -0.301 e. The number of amides is 1. The van der Waals surface area contributed by atoms with Crippen LogP contribution in [0.2, 0.25) is 0 Å². The second-order valence-electron chi connectivity index (χ2n) is 6.63. The van der Waals surface area contributed by atoms with E-state index in [1.807, 2.05) is 0 Å². The number of hydrogen-bond acceptors (Lipinski definition) is 6. The number of nitro groups is 1. The normalized spacial score (nSPS) is 12.0. The lowest BCUT2D eigenvalue weighted by Gasteiger charge is -2.23. The number of anilines is 1. The number of nitrogens with zero attached hydrogens (tertiary/aromatic N) is 3. The molecule has 1 amide bonds. The first-order valence-electron chi connectivity index (χ1n) is 8.90. The van der Waals surface area contributed by atoms with Gasteiger partial charge >= 0.3 is 0 Å². The summed E-state index contributed by atoms with van der Waals surface area (Å²) in [5, 5.41) is 15.8. The number of carbonyl (C=O) groups is 1. The number of halogens is 2. The Balaban J connectivity index is 1.66. The maximum absolute atomic E-state index is 13.4. The second-order valence-corrected chi connectivity index (χ2v) is 7.49. The monoisotopic (exact) mass is 432 g/mol. The number of para-hydroxylation sites is 1. The molecule has 3 rings (SSSR count). The highest BCUT2D eigenvalue weighted by molar-refractivity contribution is 7.14. The summed E-state index contributed by atoms with van der Waals surface area (Å²) in [5.74, 6) is -2.27. The zero-order chi connectivity index (χ0) is 21.8. The molecule has 3 aromatic rings. The Hall–Kier alpha value is -3.24. The number of carbonyl (C=O) groups excluding carboxylic acids is 1. The highest BCUT2D eigenvalue weighted by Crippen LogP contribution is 2.26. The van der Waals surface area contributed by atoms with Crippen molar-refractivity contribution >= 4 is 28.1 Å². The van der Waals surface area contributed by atoms with E-state index in [0.29, 0.717) is 22.0 Å². The van der Waals surface area contributed by atoms with Gasteiger partial charge in [0.05, 0.1) is 16.7 Å². The van der Waals surface area contributed by atoms with E-state index >= 15 is 0 Å². The summed E-state index contributed by atoms with van der Waals surface area (Å²) >= 11 is 1.16. The maximum atomic E-state index is 13.4. The quantitative estimate of drug-likeness (QED) is 0.440. The summed E-state index contributed by atoms with van der Waals surface area (Å²) < 4.78 is 26.5. The third-order valence-corrected chi connectivity index (χ3v) is 5.36. The Bertz CT molecular complexity index is 1090. The molecule has 1 heterocycles. The van der Waals surface area contributed by atoms with Crippen LogP contribution in [0.5, 0.6) is 0 Å². The van der Waals surface area contributed by atoms with Crippen LogP contribution in [0.15, 0.2) is 47.8 Å². The van der Waals surface area contributed by atoms with E-state index in [1.165, 1.54) is 12.1 Å². The first-order valence-corrected chi connectivity index (χ1v) is 9.78. The van der Waals surface area contributed by atoms with Gasteiger partial charge in [0, 0.05) is 29.1 Å². The largest absolute Gasteiger partial charge is 0.301 e. The van der Waals surface area contributed by atoms with Crippen molar-refractivity contribution in [2.24, 2.45) is 0 Å². The number of nitro benzene ring substituents is 1. The summed E-state index contributed by atoms with van der Waals surface area (Å²) in [6.07, 6.45) is 0. The molecule has 0 aliphatic heterocycles. The van der Waals surface area contributed by atoms with Gasteiger partial charge in [-0.05, 0) is 32.2 Å². The minimum absolute atomic E-state index is 0.00643. The molecule has 1 atom stereocenters. The smallest absolute Gasteiger partial charge is 0.273 e. The molecule has 10 heteroatoms. The topological polar surface area (TPSA) is 88.4 Å². The van der Waals surface area contributed by atoms with Gasteiger partial charge in [-0.25, -0.2) is 13.8 Å². The third kappa shape index (κ3) is 4.84. The lowest BCUT2D eigenvalue weighted by atomic mass is 10.1. The minimum atomic E-state index is -0.976. The van der Waals surface area contributed by atoms with E-state index in [1.54, 1.807) is 42.5 Å². The van der Waals surface area contributed by atoms with Crippen LogP contribution in [0, 0.1) is 21.7 Å². The summed E-state index contributed by atoms with van der Waals surface area (Å²) in [4.78, 5) is 29.2. The van der Waals surface area contributed by atoms with Crippen molar-refractivity contribution in [3.63, 3.8) is 0 Å². The van der Waals surface area contributed by atoms with E-state index in [9.17, 15) is 23.7 Å². The molecular weight excluding hydrogens is 414 g/mol. The van der Waals surface area contributed by atoms with E-state index in [0.717, 1.165) is 23.5 Å². The van der Waals surface area contributed by atoms with Crippen molar-refractivity contribution in [3.05, 3.63) is 75.2 Å². The molecule has 1 aromatic heterocycles. The number of hydrogen-bond donors (Lipinski definition) is 1. The molecule has 0 aliphatic rings. The lowest BCUT2D eigenvalue weighted by molar-refractivity contribution is -0.385. The second kappa shape index (κ2) is 9.06. The van der Waals surface area contributed by atoms with Crippen molar-refractivity contribution in [1.82, 2.24) is 9.88 Å². The molecule has 0 fully saturated rings. The number of likely N-dealkylation sites (N-methyl/N-ethyl adjacent to an activating group) is 1. The van der Waals surface area contributed by atoms with Crippen LogP contribution in [0.3, 0.4) is 0 Å². The first-order chi connectivity index (χ1) is 14.3. The molecule has 7 nitrogen and oxygen atoms in total. The number of nitrogens with one attached hydrogen (secondary N) is 1. The highest BCUT2D eigenvalue weighted by Gasteiger charge is 2.22.